The van der Waals surface area contributed by atoms with Crippen LogP contribution in [0.1, 0.15) is 19.4 Å². The van der Waals surface area contributed by atoms with E-state index in [1.807, 2.05) is 38.1 Å². The summed E-state index contributed by atoms with van der Waals surface area (Å²) in [5.41, 5.74) is 3.12. The molecule has 0 saturated heterocycles. The van der Waals surface area contributed by atoms with Crippen molar-refractivity contribution >= 4 is 44.6 Å². The first kappa shape index (κ1) is 15.5. The number of para-hydroxylation sites is 1. The molecule has 1 unspecified atom stereocenters. The molecule has 0 aromatic heterocycles. The second-order valence-corrected chi connectivity index (χ2v) is 8.23. The van der Waals surface area contributed by atoms with Crippen molar-refractivity contribution in [3.05, 3.63) is 58.9 Å². The first-order valence-electron chi connectivity index (χ1n) is 6.95. The number of anilines is 1. The standard InChI is InChI=1S/C17H15BrClFN2/c1-17(2,18)16-14(10-5-3-6-11(20)9-10)21-13-8-4-7-12(19)15(13)22-16/h3-9,16,22H,1-2H3. The Balaban J connectivity index is 2.19. The third-order valence-electron chi connectivity index (χ3n) is 3.60. The molecular weight excluding hydrogens is 367 g/mol. The van der Waals surface area contributed by atoms with Gasteiger partial charge in [-0.05, 0) is 38.1 Å². The zero-order valence-corrected chi connectivity index (χ0v) is 14.5. The lowest BCUT2D eigenvalue weighted by Crippen LogP contribution is -2.45. The number of nitrogens with zero attached hydrogens (tertiary/aromatic N) is 1. The molecule has 0 fully saturated rings. The van der Waals surface area contributed by atoms with Crippen molar-refractivity contribution in [1.29, 1.82) is 0 Å². The molecule has 1 atom stereocenters. The van der Waals surface area contributed by atoms with E-state index in [2.05, 4.69) is 21.2 Å². The normalized spacial score (nSPS) is 17.5. The number of rotatable bonds is 2. The highest BCUT2D eigenvalue weighted by Gasteiger charge is 2.35. The van der Waals surface area contributed by atoms with Crippen LogP contribution < -0.4 is 5.32 Å². The van der Waals surface area contributed by atoms with E-state index >= 15 is 0 Å². The van der Waals surface area contributed by atoms with Crippen LogP contribution in [0.25, 0.3) is 0 Å². The van der Waals surface area contributed by atoms with Gasteiger partial charge in [-0.2, -0.15) is 0 Å². The molecule has 0 radical (unpaired) electrons. The van der Waals surface area contributed by atoms with E-state index in [-0.39, 0.29) is 16.2 Å². The lowest BCUT2D eigenvalue weighted by Gasteiger charge is -2.35. The summed E-state index contributed by atoms with van der Waals surface area (Å²) < 4.78 is 13.3. The summed E-state index contributed by atoms with van der Waals surface area (Å²) in [5, 5.41) is 4.07. The van der Waals surface area contributed by atoms with Crippen LogP contribution in [0.3, 0.4) is 0 Å². The molecule has 1 aliphatic rings. The summed E-state index contributed by atoms with van der Waals surface area (Å²) in [6, 6.07) is 11.9. The minimum atomic E-state index is -0.283. The van der Waals surface area contributed by atoms with Gasteiger partial charge in [-0.15, -0.1) is 0 Å². The molecule has 0 aliphatic carbocycles. The second kappa shape index (κ2) is 5.67. The van der Waals surface area contributed by atoms with Gasteiger partial charge in [0.2, 0.25) is 0 Å². The van der Waals surface area contributed by atoms with Gasteiger partial charge < -0.3 is 5.32 Å². The molecule has 1 aliphatic heterocycles. The van der Waals surface area contributed by atoms with Crippen molar-refractivity contribution in [1.82, 2.24) is 0 Å². The quantitative estimate of drug-likeness (QED) is 0.676. The molecule has 2 aromatic rings. The van der Waals surface area contributed by atoms with E-state index in [1.165, 1.54) is 12.1 Å². The summed E-state index contributed by atoms with van der Waals surface area (Å²) in [6.07, 6.45) is 0. The summed E-state index contributed by atoms with van der Waals surface area (Å²) in [7, 11) is 0. The zero-order valence-electron chi connectivity index (χ0n) is 12.2. The maximum atomic E-state index is 13.6. The van der Waals surface area contributed by atoms with Gasteiger partial charge in [-0.3, -0.25) is 0 Å². The maximum absolute atomic E-state index is 13.6. The van der Waals surface area contributed by atoms with E-state index in [0.717, 1.165) is 22.6 Å². The molecule has 2 nitrogen and oxygen atoms in total. The van der Waals surface area contributed by atoms with Crippen LogP contribution in [0.4, 0.5) is 15.8 Å². The van der Waals surface area contributed by atoms with Gasteiger partial charge in [0.1, 0.15) is 5.82 Å². The Bertz CT molecular complexity index is 753. The minimum absolute atomic E-state index is 0.137. The molecule has 0 bridgehead atoms. The van der Waals surface area contributed by atoms with Crippen LogP contribution >= 0.6 is 27.5 Å². The third-order valence-corrected chi connectivity index (χ3v) is 4.37. The van der Waals surface area contributed by atoms with Gasteiger partial charge in [0, 0.05) is 9.89 Å². The van der Waals surface area contributed by atoms with E-state index in [0.29, 0.717) is 5.02 Å². The maximum Gasteiger partial charge on any atom is 0.123 e. The Labute approximate surface area is 142 Å². The number of alkyl halides is 1. The smallest absolute Gasteiger partial charge is 0.123 e. The fourth-order valence-electron chi connectivity index (χ4n) is 2.53. The van der Waals surface area contributed by atoms with E-state index in [1.54, 1.807) is 6.07 Å². The largest absolute Gasteiger partial charge is 0.372 e. The monoisotopic (exact) mass is 380 g/mol. The predicted molar refractivity (Wildman–Crippen MR) is 94.5 cm³/mol. The Hall–Kier alpha value is -1.39. The van der Waals surface area contributed by atoms with E-state index in [9.17, 15) is 4.39 Å². The summed E-state index contributed by atoms with van der Waals surface area (Å²) >= 11 is 9.96. The van der Waals surface area contributed by atoms with Crippen molar-refractivity contribution in [2.45, 2.75) is 24.2 Å². The number of fused-ring (bicyclic) bond motifs is 1. The topological polar surface area (TPSA) is 24.4 Å². The van der Waals surface area contributed by atoms with Gasteiger partial charge in [-0.1, -0.05) is 45.7 Å². The second-order valence-electron chi connectivity index (χ2n) is 5.78. The highest BCUT2D eigenvalue weighted by Crippen LogP contribution is 2.40. The van der Waals surface area contributed by atoms with E-state index in [4.69, 9.17) is 16.6 Å². The molecule has 1 N–H and O–H groups in total. The molecule has 1 heterocycles. The number of benzene rings is 2. The highest BCUT2D eigenvalue weighted by molar-refractivity contribution is 9.10. The third kappa shape index (κ3) is 2.90. The average molecular weight is 382 g/mol. The molecule has 114 valence electrons. The van der Waals surface area contributed by atoms with Crippen LogP contribution in [0.2, 0.25) is 5.02 Å². The van der Waals surface area contributed by atoms with Crippen molar-refractivity contribution in [2.75, 3.05) is 5.32 Å². The Morgan fingerprint density at radius 2 is 1.95 bits per heavy atom. The van der Waals surface area contributed by atoms with Crippen molar-refractivity contribution in [2.24, 2.45) is 4.99 Å². The first-order valence-corrected chi connectivity index (χ1v) is 8.12. The van der Waals surface area contributed by atoms with Crippen LogP contribution in [0.5, 0.6) is 0 Å². The molecule has 3 rings (SSSR count). The van der Waals surface area contributed by atoms with Crippen LogP contribution in [-0.4, -0.2) is 16.1 Å². The SMILES string of the molecule is CC(C)(Br)C1Nc2c(Cl)cccc2N=C1c1cccc(F)c1. The number of nitrogens with one attached hydrogen (secondary N) is 1. The van der Waals surface area contributed by atoms with E-state index < -0.39 is 0 Å². The number of hydrogen-bond donors (Lipinski definition) is 1. The summed E-state index contributed by atoms with van der Waals surface area (Å²) in [6.45, 7) is 4.09. The van der Waals surface area contributed by atoms with Gasteiger partial charge >= 0.3 is 0 Å². The lowest BCUT2D eigenvalue weighted by atomic mass is 9.91. The van der Waals surface area contributed by atoms with Gasteiger partial charge in [0.05, 0.1) is 28.2 Å². The molecule has 2 aromatic carbocycles. The molecule has 22 heavy (non-hydrogen) atoms. The van der Waals surface area contributed by atoms with Crippen molar-refractivity contribution < 1.29 is 4.39 Å². The van der Waals surface area contributed by atoms with Crippen LogP contribution in [0, 0.1) is 5.82 Å². The van der Waals surface area contributed by atoms with Crippen molar-refractivity contribution in [3.63, 3.8) is 0 Å². The number of aliphatic imine (C=N–C) groups is 1. The fourth-order valence-corrected chi connectivity index (χ4v) is 3.09. The Kier molecular flexibility index (Phi) is 4.00. The molecule has 0 saturated carbocycles. The molecule has 0 amide bonds. The predicted octanol–water partition coefficient (Wildman–Crippen LogP) is 5.57. The van der Waals surface area contributed by atoms with Crippen molar-refractivity contribution in [3.8, 4) is 0 Å². The van der Waals surface area contributed by atoms with Gasteiger partial charge in [0.25, 0.3) is 0 Å². The van der Waals surface area contributed by atoms with Crippen LogP contribution in [0.15, 0.2) is 47.5 Å². The Morgan fingerprint density at radius 3 is 2.64 bits per heavy atom. The zero-order chi connectivity index (χ0) is 15.9. The molecule has 0 spiro atoms. The summed E-state index contributed by atoms with van der Waals surface area (Å²) in [4.78, 5) is 4.74. The van der Waals surface area contributed by atoms with Gasteiger partial charge in [0.15, 0.2) is 0 Å². The highest BCUT2D eigenvalue weighted by atomic mass is 79.9. The minimum Gasteiger partial charge on any atom is -0.372 e. The van der Waals surface area contributed by atoms with Gasteiger partial charge in [-0.25, -0.2) is 9.38 Å². The molecule has 5 heteroatoms. The lowest BCUT2D eigenvalue weighted by molar-refractivity contribution is 0.627. The first-order chi connectivity index (χ1) is 10.4. The number of hydrogen-bond acceptors (Lipinski definition) is 2. The van der Waals surface area contributed by atoms with Crippen LogP contribution in [-0.2, 0) is 0 Å². The average Bonchev–Trinajstić information content (AvgIpc) is 2.45. The molecular formula is C17H15BrClFN2. The fraction of sp³-hybridized carbons (Fsp3) is 0.235. The summed E-state index contributed by atoms with van der Waals surface area (Å²) in [5.74, 6) is -0.275. The Morgan fingerprint density at radius 1 is 1.23 bits per heavy atom. The number of halogens is 3.